The Morgan fingerprint density at radius 3 is 2.48 bits per heavy atom. The van der Waals surface area contributed by atoms with Crippen molar-refractivity contribution in [2.24, 2.45) is 0 Å². The minimum Gasteiger partial charge on any atom is -0.313 e. The summed E-state index contributed by atoms with van der Waals surface area (Å²) in [5.74, 6) is 0. The van der Waals surface area contributed by atoms with E-state index >= 15 is 0 Å². The van der Waals surface area contributed by atoms with E-state index in [1.54, 1.807) is 31.4 Å². The first-order valence-electron chi connectivity index (χ1n) is 6.57. The number of thiazole rings is 1. The molecule has 0 amide bonds. The van der Waals surface area contributed by atoms with Crippen LogP contribution in [0.4, 0.5) is 13.2 Å². The number of nitrogens with one attached hydrogen (secondary N) is 1. The molecule has 114 valence electrons. The van der Waals surface area contributed by atoms with E-state index in [4.69, 9.17) is 0 Å². The van der Waals surface area contributed by atoms with Gasteiger partial charge in [0.2, 0.25) is 0 Å². The molecule has 0 saturated heterocycles. The largest absolute Gasteiger partial charge is 0.416 e. The van der Waals surface area contributed by atoms with Gasteiger partial charge in [0, 0.05) is 17.8 Å². The van der Waals surface area contributed by atoms with E-state index in [1.807, 2.05) is 12.3 Å². The number of aryl methyl sites for hydroxylation is 2. The number of halogens is 3. The summed E-state index contributed by atoms with van der Waals surface area (Å²) in [6.07, 6.45) is -3.64. The first-order chi connectivity index (χ1) is 9.81. The van der Waals surface area contributed by atoms with Crippen molar-refractivity contribution in [3.63, 3.8) is 0 Å². The van der Waals surface area contributed by atoms with Gasteiger partial charge in [-0.25, -0.2) is 4.98 Å². The number of alkyl halides is 3. The van der Waals surface area contributed by atoms with Gasteiger partial charge >= 0.3 is 6.18 Å². The van der Waals surface area contributed by atoms with Crippen LogP contribution >= 0.6 is 11.3 Å². The number of aromatic nitrogens is 1. The topological polar surface area (TPSA) is 24.9 Å². The van der Waals surface area contributed by atoms with E-state index < -0.39 is 11.7 Å². The minimum absolute atomic E-state index is 0.0474. The maximum atomic E-state index is 12.7. The number of likely N-dealkylation sites (N-methyl/N-ethyl adjacent to an activating group) is 1. The molecule has 1 aromatic carbocycles. The highest BCUT2D eigenvalue weighted by Gasteiger charge is 2.31. The van der Waals surface area contributed by atoms with Gasteiger partial charge in [-0.15, -0.1) is 11.3 Å². The lowest BCUT2D eigenvalue weighted by Gasteiger charge is -2.19. The van der Waals surface area contributed by atoms with Crippen LogP contribution in [0.2, 0.25) is 0 Å². The summed E-state index contributed by atoms with van der Waals surface area (Å²) in [4.78, 5) is 4.41. The number of hydrogen-bond donors (Lipinski definition) is 1. The number of nitrogens with zero attached hydrogens (tertiary/aromatic N) is 1. The van der Waals surface area contributed by atoms with Gasteiger partial charge < -0.3 is 5.32 Å². The van der Waals surface area contributed by atoms with Crippen LogP contribution in [0.3, 0.4) is 0 Å². The van der Waals surface area contributed by atoms with Gasteiger partial charge in [0.15, 0.2) is 0 Å². The standard InChI is InChI=1S/C15H17F3N2S/c1-9-6-11(15(16,17)18)4-5-13(9)14(19-3)7-12-8-21-10(2)20-12/h4-6,8,14,19H,7H2,1-3H3. The maximum Gasteiger partial charge on any atom is 0.416 e. The summed E-state index contributed by atoms with van der Waals surface area (Å²) in [6, 6.07) is 3.84. The Morgan fingerprint density at radius 2 is 2.00 bits per heavy atom. The van der Waals surface area contributed by atoms with Crippen molar-refractivity contribution >= 4 is 11.3 Å². The molecule has 0 aliphatic rings. The Bertz CT molecular complexity index is 620. The zero-order valence-electron chi connectivity index (χ0n) is 12.1. The third-order valence-corrected chi connectivity index (χ3v) is 4.22. The molecular formula is C15H17F3N2S. The molecule has 0 aliphatic heterocycles. The fourth-order valence-corrected chi connectivity index (χ4v) is 2.95. The highest BCUT2D eigenvalue weighted by molar-refractivity contribution is 7.09. The molecule has 0 fully saturated rings. The van der Waals surface area contributed by atoms with Gasteiger partial charge in [0.25, 0.3) is 0 Å². The van der Waals surface area contributed by atoms with Gasteiger partial charge in [0.05, 0.1) is 16.3 Å². The lowest BCUT2D eigenvalue weighted by atomic mass is 9.96. The number of benzene rings is 1. The SMILES string of the molecule is CNC(Cc1csc(C)n1)c1ccc(C(F)(F)F)cc1C. The van der Waals surface area contributed by atoms with Crippen molar-refractivity contribution in [3.05, 3.63) is 51.0 Å². The second-order valence-corrected chi connectivity index (χ2v) is 6.03. The molecule has 0 aliphatic carbocycles. The van der Waals surface area contributed by atoms with E-state index in [9.17, 15) is 13.2 Å². The highest BCUT2D eigenvalue weighted by atomic mass is 32.1. The van der Waals surface area contributed by atoms with Crippen molar-refractivity contribution in [1.82, 2.24) is 10.3 Å². The Morgan fingerprint density at radius 1 is 1.29 bits per heavy atom. The molecule has 6 heteroatoms. The smallest absolute Gasteiger partial charge is 0.313 e. The Balaban J connectivity index is 2.26. The van der Waals surface area contributed by atoms with Crippen LogP contribution in [0.1, 0.15) is 33.4 Å². The number of hydrogen-bond acceptors (Lipinski definition) is 3. The van der Waals surface area contributed by atoms with Gasteiger partial charge in [-0.3, -0.25) is 0 Å². The molecule has 1 atom stereocenters. The maximum absolute atomic E-state index is 12.7. The van der Waals surface area contributed by atoms with E-state index in [0.29, 0.717) is 12.0 Å². The molecule has 2 nitrogen and oxygen atoms in total. The zero-order valence-corrected chi connectivity index (χ0v) is 12.9. The Hall–Kier alpha value is -1.40. The van der Waals surface area contributed by atoms with Crippen LogP contribution in [0.5, 0.6) is 0 Å². The second kappa shape index (κ2) is 6.15. The molecular weight excluding hydrogens is 297 g/mol. The molecule has 21 heavy (non-hydrogen) atoms. The average Bonchev–Trinajstić information content (AvgIpc) is 2.81. The van der Waals surface area contributed by atoms with Crippen LogP contribution in [-0.4, -0.2) is 12.0 Å². The van der Waals surface area contributed by atoms with E-state index in [0.717, 1.165) is 22.3 Å². The predicted molar refractivity (Wildman–Crippen MR) is 78.5 cm³/mol. The molecule has 0 radical (unpaired) electrons. The average molecular weight is 314 g/mol. The van der Waals surface area contributed by atoms with Gasteiger partial charge in [-0.05, 0) is 44.2 Å². The molecule has 1 aromatic heterocycles. The van der Waals surface area contributed by atoms with Gasteiger partial charge in [0.1, 0.15) is 0 Å². The van der Waals surface area contributed by atoms with E-state index in [2.05, 4.69) is 10.3 Å². The molecule has 1 N–H and O–H groups in total. The Labute approximate surface area is 126 Å². The van der Waals surface area contributed by atoms with Crippen molar-refractivity contribution in [2.45, 2.75) is 32.5 Å². The van der Waals surface area contributed by atoms with Crippen LogP contribution in [0.15, 0.2) is 23.6 Å². The number of rotatable bonds is 4. The van der Waals surface area contributed by atoms with Gasteiger partial charge in [-0.1, -0.05) is 6.07 Å². The summed E-state index contributed by atoms with van der Waals surface area (Å²) < 4.78 is 38.1. The third kappa shape index (κ3) is 3.83. The van der Waals surface area contributed by atoms with E-state index in [1.165, 1.54) is 6.07 Å². The van der Waals surface area contributed by atoms with Crippen molar-refractivity contribution < 1.29 is 13.2 Å². The molecule has 2 rings (SSSR count). The van der Waals surface area contributed by atoms with Crippen molar-refractivity contribution in [3.8, 4) is 0 Å². The van der Waals surface area contributed by atoms with Crippen LogP contribution in [0, 0.1) is 13.8 Å². The third-order valence-electron chi connectivity index (χ3n) is 3.40. The summed E-state index contributed by atoms with van der Waals surface area (Å²) >= 11 is 1.57. The molecule has 1 heterocycles. The monoisotopic (exact) mass is 314 g/mol. The van der Waals surface area contributed by atoms with Crippen LogP contribution in [-0.2, 0) is 12.6 Å². The lowest BCUT2D eigenvalue weighted by Crippen LogP contribution is -2.20. The fraction of sp³-hybridized carbons (Fsp3) is 0.400. The van der Waals surface area contributed by atoms with Crippen molar-refractivity contribution in [2.75, 3.05) is 7.05 Å². The summed E-state index contributed by atoms with van der Waals surface area (Å²) in [5, 5.41) is 6.13. The molecule has 0 bridgehead atoms. The van der Waals surface area contributed by atoms with E-state index in [-0.39, 0.29) is 6.04 Å². The van der Waals surface area contributed by atoms with Crippen LogP contribution in [0.25, 0.3) is 0 Å². The molecule has 2 aromatic rings. The summed E-state index contributed by atoms with van der Waals surface area (Å²) in [5.41, 5.74) is 1.85. The van der Waals surface area contributed by atoms with Crippen LogP contribution < -0.4 is 5.32 Å². The summed E-state index contributed by atoms with van der Waals surface area (Å²) in [7, 11) is 1.81. The lowest BCUT2D eigenvalue weighted by molar-refractivity contribution is -0.137. The Kier molecular flexibility index (Phi) is 4.68. The normalized spacial score (nSPS) is 13.4. The predicted octanol–water partition coefficient (Wildman–Crippen LogP) is 4.28. The quantitative estimate of drug-likeness (QED) is 0.911. The molecule has 0 saturated carbocycles. The first kappa shape index (κ1) is 16.0. The fourth-order valence-electron chi connectivity index (χ4n) is 2.32. The molecule has 0 spiro atoms. The summed E-state index contributed by atoms with van der Waals surface area (Å²) in [6.45, 7) is 3.65. The van der Waals surface area contributed by atoms with Gasteiger partial charge in [-0.2, -0.15) is 13.2 Å². The minimum atomic E-state index is -4.30. The first-order valence-corrected chi connectivity index (χ1v) is 7.45. The highest BCUT2D eigenvalue weighted by Crippen LogP contribution is 2.32. The second-order valence-electron chi connectivity index (χ2n) is 4.97. The zero-order chi connectivity index (χ0) is 15.6. The molecule has 1 unspecified atom stereocenters. The van der Waals surface area contributed by atoms with Crippen molar-refractivity contribution in [1.29, 1.82) is 0 Å².